The van der Waals surface area contributed by atoms with Gasteiger partial charge in [-0.15, -0.1) is 0 Å². The molecule has 1 aliphatic rings. The second kappa shape index (κ2) is 7.80. The van der Waals surface area contributed by atoms with Gasteiger partial charge in [-0.25, -0.2) is 9.18 Å². The van der Waals surface area contributed by atoms with Crippen molar-refractivity contribution in [1.29, 1.82) is 0 Å². The van der Waals surface area contributed by atoms with E-state index in [1.165, 1.54) is 19.2 Å². The number of methoxy groups -OCH3 is 1. The highest BCUT2D eigenvalue weighted by molar-refractivity contribution is 6.31. The second-order valence-corrected chi connectivity index (χ2v) is 7.81. The summed E-state index contributed by atoms with van der Waals surface area (Å²) < 4.78 is 24.0. The molecule has 0 saturated carbocycles. The Morgan fingerprint density at radius 3 is 2.37 bits per heavy atom. The van der Waals surface area contributed by atoms with Gasteiger partial charge in [-0.2, -0.15) is 0 Å². The van der Waals surface area contributed by atoms with Crippen LogP contribution in [0.2, 0.25) is 5.02 Å². The van der Waals surface area contributed by atoms with Crippen molar-refractivity contribution < 1.29 is 23.5 Å². The molecule has 7 heteroatoms. The van der Waals surface area contributed by atoms with Gasteiger partial charge < -0.3 is 9.47 Å². The minimum atomic E-state index is -0.871. The van der Waals surface area contributed by atoms with Gasteiger partial charge in [0.1, 0.15) is 17.3 Å². The highest BCUT2D eigenvalue weighted by atomic mass is 35.5. The maximum atomic E-state index is 13.6. The molecule has 0 fully saturated rings. The van der Waals surface area contributed by atoms with Gasteiger partial charge >= 0.3 is 11.9 Å². The van der Waals surface area contributed by atoms with Gasteiger partial charge in [0, 0.05) is 22.3 Å². The van der Waals surface area contributed by atoms with E-state index in [9.17, 15) is 14.0 Å². The Balaban J connectivity index is 2.69. The molecule has 0 bridgehead atoms. The summed E-state index contributed by atoms with van der Waals surface area (Å²) in [6.45, 7) is 8.59. The first-order valence-electron chi connectivity index (χ1n) is 8.48. The van der Waals surface area contributed by atoms with Crippen LogP contribution >= 0.6 is 11.6 Å². The third kappa shape index (κ3) is 4.56. The number of hydrogen-bond donors (Lipinski definition) is 0. The van der Waals surface area contributed by atoms with E-state index in [1.54, 1.807) is 34.6 Å². The molecule has 2 rings (SSSR count). The average Bonchev–Trinajstić information content (AvgIpc) is 2.51. The minimum Gasteiger partial charge on any atom is -0.468 e. The molecular formula is C20H23ClFNO4. The fourth-order valence-corrected chi connectivity index (χ4v) is 3.44. The molecule has 1 aliphatic heterocycles. The van der Waals surface area contributed by atoms with Crippen LogP contribution in [0.3, 0.4) is 0 Å². The molecule has 27 heavy (non-hydrogen) atoms. The zero-order valence-electron chi connectivity index (χ0n) is 16.2. The SMILES string of the molecule is COC(=O)C1C(C)=NC(C)=C(C(=O)OC(C)(C)C)C1c1ccc(F)cc1Cl. The molecule has 0 spiro atoms. The third-order valence-electron chi connectivity index (χ3n) is 4.20. The van der Waals surface area contributed by atoms with E-state index in [2.05, 4.69) is 4.99 Å². The van der Waals surface area contributed by atoms with Gasteiger partial charge in [-0.1, -0.05) is 17.7 Å². The number of allylic oxidation sites excluding steroid dienone is 1. The summed E-state index contributed by atoms with van der Waals surface area (Å²) in [6, 6.07) is 3.85. The second-order valence-electron chi connectivity index (χ2n) is 7.40. The first-order valence-corrected chi connectivity index (χ1v) is 8.86. The highest BCUT2D eigenvalue weighted by Crippen LogP contribution is 2.43. The van der Waals surface area contributed by atoms with Crippen LogP contribution < -0.4 is 0 Å². The number of ether oxygens (including phenoxy) is 2. The summed E-state index contributed by atoms with van der Waals surface area (Å²) >= 11 is 6.27. The summed E-state index contributed by atoms with van der Waals surface area (Å²) in [7, 11) is 1.26. The number of nitrogens with zero attached hydrogens (tertiary/aromatic N) is 1. The summed E-state index contributed by atoms with van der Waals surface area (Å²) in [5.41, 5.74) is 0.810. The van der Waals surface area contributed by atoms with Crippen molar-refractivity contribution in [1.82, 2.24) is 0 Å². The molecule has 0 aliphatic carbocycles. The first-order chi connectivity index (χ1) is 12.5. The molecule has 0 aromatic heterocycles. The van der Waals surface area contributed by atoms with Gasteiger partial charge in [-0.05, 0) is 52.3 Å². The number of carbonyl (C=O) groups is 2. The number of esters is 2. The van der Waals surface area contributed by atoms with Crippen molar-refractivity contribution in [3.8, 4) is 0 Å². The lowest BCUT2D eigenvalue weighted by atomic mass is 9.75. The lowest BCUT2D eigenvalue weighted by molar-refractivity contribution is -0.150. The zero-order valence-corrected chi connectivity index (χ0v) is 17.0. The van der Waals surface area contributed by atoms with Crippen molar-refractivity contribution in [2.45, 2.75) is 46.1 Å². The molecule has 0 amide bonds. The summed E-state index contributed by atoms with van der Waals surface area (Å²) in [6.07, 6.45) is 0. The zero-order chi connectivity index (χ0) is 20.5. The standard InChI is InChI=1S/C20H23ClFNO4/c1-10-15(18(24)26-6)17(13-8-7-12(22)9-14(13)21)16(11(2)23-10)19(25)27-20(3,4)5/h7-9,15,17H,1-6H3. The Kier molecular flexibility index (Phi) is 6.10. The highest BCUT2D eigenvalue weighted by Gasteiger charge is 2.43. The largest absolute Gasteiger partial charge is 0.468 e. The van der Waals surface area contributed by atoms with Crippen molar-refractivity contribution in [2.24, 2.45) is 10.9 Å². The maximum absolute atomic E-state index is 13.6. The topological polar surface area (TPSA) is 65.0 Å². The van der Waals surface area contributed by atoms with Crippen LogP contribution in [0.4, 0.5) is 4.39 Å². The molecule has 5 nitrogen and oxygen atoms in total. The molecule has 1 aromatic carbocycles. The number of halogens is 2. The Labute approximate surface area is 163 Å². The number of carbonyl (C=O) groups excluding carboxylic acids is 2. The summed E-state index contributed by atoms with van der Waals surface area (Å²) in [5, 5.41) is 0.109. The first kappa shape index (κ1) is 21.1. The average molecular weight is 396 g/mol. The van der Waals surface area contributed by atoms with E-state index in [0.29, 0.717) is 17.0 Å². The van der Waals surface area contributed by atoms with E-state index in [-0.39, 0.29) is 10.6 Å². The van der Waals surface area contributed by atoms with E-state index in [4.69, 9.17) is 21.1 Å². The fraction of sp³-hybridized carbons (Fsp3) is 0.450. The maximum Gasteiger partial charge on any atom is 0.337 e. The number of hydrogen-bond acceptors (Lipinski definition) is 5. The monoisotopic (exact) mass is 395 g/mol. The molecule has 146 valence electrons. The third-order valence-corrected chi connectivity index (χ3v) is 4.53. The van der Waals surface area contributed by atoms with Crippen molar-refractivity contribution >= 4 is 29.3 Å². The molecular weight excluding hydrogens is 373 g/mol. The fourth-order valence-electron chi connectivity index (χ4n) is 3.16. The van der Waals surface area contributed by atoms with Gasteiger partial charge in [-0.3, -0.25) is 9.79 Å². The van der Waals surface area contributed by atoms with Crippen LogP contribution in [0, 0.1) is 11.7 Å². The summed E-state index contributed by atoms with van der Waals surface area (Å²) in [5.74, 6) is -3.34. The van der Waals surface area contributed by atoms with Gasteiger partial charge in [0.05, 0.1) is 12.7 Å². The van der Waals surface area contributed by atoms with E-state index in [1.807, 2.05) is 0 Å². The molecule has 2 atom stereocenters. The summed E-state index contributed by atoms with van der Waals surface area (Å²) in [4.78, 5) is 29.8. The smallest absolute Gasteiger partial charge is 0.337 e. The van der Waals surface area contributed by atoms with Gasteiger partial charge in [0.2, 0.25) is 0 Å². The van der Waals surface area contributed by atoms with Gasteiger partial charge in [0.25, 0.3) is 0 Å². The predicted molar refractivity (Wildman–Crippen MR) is 101 cm³/mol. The van der Waals surface area contributed by atoms with Crippen LogP contribution in [0.25, 0.3) is 0 Å². The van der Waals surface area contributed by atoms with Gasteiger partial charge in [0.15, 0.2) is 0 Å². The van der Waals surface area contributed by atoms with E-state index < -0.39 is 35.2 Å². The normalized spacial score (nSPS) is 20.2. The van der Waals surface area contributed by atoms with Crippen LogP contribution in [-0.4, -0.2) is 30.4 Å². The quantitative estimate of drug-likeness (QED) is 0.709. The van der Waals surface area contributed by atoms with E-state index in [0.717, 1.165) is 6.07 Å². The predicted octanol–water partition coefficient (Wildman–Crippen LogP) is 4.44. The van der Waals surface area contributed by atoms with Crippen LogP contribution in [0.15, 0.2) is 34.5 Å². The lowest BCUT2D eigenvalue weighted by Crippen LogP contribution is -2.37. The van der Waals surface area contributed by atoms with Crippen LogP contribution in [0.5, 0.6) is 0 Å². The van der Waals surface area contributed by atoms with Crippen LogP contribution in [-0.2, 0) is 19.1 Å². The van der Waals surface area contributed by atoms with Crippen molar-refractivity contribution in [3.05, 3.63) is 45.9 Å². The Bertz CT molecular complexity index is 839. The lowest BCUT2D eigenvalue weighted by Gasteiger charge is -2.33. The molecule has 0 saturated heterocycles. The minimum absolute atomic E-state index is 0.109. The molecule has 0 radical (unpaired) electrons. The van der Waals surface area contributed by atoms with Crippen LogP contribution in [0.1, 0.15) is 46.1 Å². The number of rotatable bonds is 3. The Morgan fingerprint density at radius 2 is 1.85 bits per heavy atom. The molecule has 1 heterocycles. The Morgan fingerprint density at radius 1 is 1.22 bits per heavy atom. The van der Waals surface area contributed by atoms with E-state index >= 15 is 0 Å². The molecule has 0 N–H and O–H groups in total. The van der Waals surface area contributed by atoms with Crippen molar-refractivity contribution in [3.63, 3.8) is 0 Å². The Hall–Kier alpha value is -2.21. The molecule has 1 aromatic rings. The number of benzene rings is 1. The van der Waals surface area contributed by atoms with Crippen molar-refractivity contribution in [2.75, 3.05) is 7.11 Å². The molecule has 2 unspecified atom stereocenters. The number of aliphatic imine (C=N–C) groups is 1.